The fraction of sp³-hybridized carbons (Fsp3) is 0.667. The lowest BCUT2D eigenvalue weighted by Gasteiger charge is -2.31. The molecule has 0 spiro atoms. The number of carbonyl (C=O) groups is 1. The number of rotatable bonds is 5. The molecule has 2 heterocycles. The fourth-order valence-electron chi connectivity index (χ4n) is 2.58. The number of hydrogen-bond donors (Lipinski definition) is 1. The Bertz CT molecular complexity index is 408. The van der Waals surface area contributed by atoms with E-state index >= 15 is 0 Å². The number of aliphatic hydroxyl groups is 1. The molecule has 1 aromatic rings. The molecule has 0 radical (unpaired) electrons. The van der Waals surface area contributed by atoms with Crippen molar-refractivity contribution in [3.63, 3.8) is 0 Å². The van der Waals surface area contributed by atoms with Crippen LogP contribution in [0.3, 0.4) is 0 Å². The van der Waals surface area contributed by atoms with Crippen molar-refractivity contribution in [3.8, 4) is 0 Å². The zero-order valence-corrected chi connectivity index (χ0v) is 12.4. The molecule has 19 heavy (non-hydrogen) atoms. The Morgan fingerprint density at radius 1 is 1.47 bits per heavy atom. The van der Waals surface area contributed by atoms with E-state index in [9.17, 15) is 4.79 Å². The molecule has 1 aliphatic heterocycles. The molecule has 1 fully saturated rings. The van der Waals surface area contributed by atoms with Crippen molar-refractivity contribution in [2.45, 2.75) is 39.0 Å². The van der Waals surface area contributed by atoms with Crippen LogP contribution < -0.4 is 0 Å². The summed E-state index contributed by atoms with van der Waals surface area (Å²) in [6, 6.07) is 2.14. The molecule has 0 bridgehead atoms. The van der Waals surface area contributed by atoms with Gasteiger partial charge in [0.2, 0.25) is 5.91 Å². The van der Waals surface area contributed by atoms with E-state index in [1.54, 1.807) is 11.3 Å². The number of aryl methyl sites for hydroxylation is 2. The molecule has 0 aromatic carbocycles. The van der Waals surface area contributed by atoms with Crippen LogP contribution in [0.4, 0.5) is 0 Å². The Hall–Kier alpha value is -0.870. The molecule has 3 nitrogen and oxygen atoms in total. The van der Waals surface area contributed by atoms with Crippen LogP contribution in [0.15, 0.2) is 11.4 Å². The van der Waals surface area contributed by atoms with Crippen LogP contribution in [-0.2, 0) is 11.2 Å². The summed E-state index contributed by atoms with van der Waals surface area (Å²) < 4.78 is 0. The summed E-state index contributed by atoms with van der Waals surface area (Å²) in [5, 5.41) is 11.2. The van der Waals surface area contributed by atoms with Crippen LogP contribution >= 0.6 is 11.3 Å². The van der Waals surface area contributed by atoms with Crippen molar-refractivity contribution in [3.05, 3.63) is 21.9 Å². The molecule has 1 aromatic heterocycles. The van der Waals surface area contributed by atoms with E-state index in [2.05, 4.69) is 18.4 Å². The van der Waals surface area contributed by atoms with E-state index < -0.39 is 0 Å². The highest BCUT2D eigenvalue weighted by molar-refractivity contribution is 7.10. The third-order valence-corrected chi connectivity index (χ3v) is 5.07. The van der Waals surface area contributed by atoms with Crippen molar-refractivity contribution >= 4 is 17.2 Å². The third-order valence-electron chi connectivity index (χ3n) is 3.99. The summed E-state index contributed by atoms with van der Waals surface area (Å²) in [6.45, 7) is 4.04. The maximum Gasteiger partial charge on any atom is 0.222 e. The summed E-state index contributed by atoms with van der Waals surface area (Å²) >= 11 is 1.79. The highest BCUT2D eigenvalue weighted by Crippen LogP contribution is 2.20. The molecule has 106 valence electrons. The average Bonchev–Trinajstić information content (AvgIpc) is 2.84. The lowest BCUT2D eigenvalue weighted by atomic mass is 9.97. The molecular weight excluding hydrogens is 258 g/mol. The van der Waals surface area contributed by atoms with Gasteiger partial charge in [-0.05, 0) is 55.5 Å². The first-order chi connectivity index (χ1) is 9.20. The van der Waals surface area contributed by atoms with E-state index in [1.165, 1.54) is 10.4 Å². The standard InChI is InChI=1S/C15H23NO2S/c1-12-7-10-19-14(12)3-2-4-15(18)16-8-5-13(11-17)6-9-16/h7,10,13,17H,2-6,8-9,11H2,1H3. The van der Waals surface area contributed by atoms with Gasteiger partial charge in [0, 0.05) is 31.0 Å². The number of likely N-dealkylation sites (tertiary alicyclic amines) is 1. The number of aliphatic hydroxyl groups excluding tert-OH is 1. The van der Waals surface area contributed by atoms with Gasteiger partial charge in [-0.2, -0.15) is 0 Å². The molecule has 2 rings (SSSR count). The predicted octanol–water partition coefficient (Wildman–Crippen LogP) is 2.61. The predicted molar refractivity (Wildman–Crippen MR) is 78.4 cm³/mol. The molecule has 1 amide bonds. The van der Waals surface area contributed by atoms with Crippen LogP contribution in [0.2, 0.25) is 0 Å². The minimum atomic E-state index is 0.264. The number of carbonyl (C=O) groups excluding carboxylic acids is 1. The molecule has 1 N–H and O–H groups in total. The van der Waals surface area contributed by atoms with Gasteiger partial charge in [-0.25, -0.2) is 0 Å². The monoisotopic (exact) mass is 281 g/mol. The van der Waals surface area contributed by atoms with Gasteiger partial charge >= 0.3 is 0 Å². The number of piperidine rings is 1. The minimum absolute atomic E-state index is 0.264. The summed E-state index contributed by atoms with van der Waals surface area (Å²) in [5.74, 6) is 0.684. The van der Waals surface area contributed by atoms with E-state index in [-0.39, 0.29) is 12.5 Å². The first kappa shape index (κ1) is 14.5. The first-order valence-corrected chi connectivity index (χ1v) is 8.00. The lowest BCUT2D eigenvalue weighted by molar-refractivity contribution is -0.132. The van der Waals surface area contributed by atoms with Crippen LogP contribution in [-0.4, -0.2) is 35.6 Å². The Balaban J connectivity index is 1.69. The summed E-state index contributed by atoms with van der Waals surface area (Å²) in [6.07, 6.45) is 4.52. The Kier molecular flexibility index (Phi) is 5.40. The molecule has 0 atom stereocenters. The molecule has 1 saturated heterocycles. The Morgan fingerprint density at radius 2 is 2.21 bits per heavy atom. The quantitative estimate of drug-likeness (QED) is 0.901. The number of amides is 1. The van der Waals surface area contributed by atoms with Crippen molar-refractivity contribution in [2.75, 3.05) is 19.7 Å². The van der Waals surface area contributed by atoms with Gasteiger partial charge in [-0.3, -0.25) is 4.79 Å². The van der Waals surface area contributed by atoms with Gasteiger partial charge in [0.05, 0.1) is 0 Å². The van der Waals surface area contributed by atoms with E-state index in [0.29, 0.717) is 12.3 Å². The Morgan fingerprint density at radius 3 is 2.79 bits per heavy atom. The maximum absolute atomic E-state index is 12.1. The third kappa shape index (κ3) is 4.05. The second-order valence-electron chi connectivity index (χ2n) is 5.39. The average molecular weight is 281 g/mol. The molecule has 0 unspecified atom stereocenters. The highest BCUT2D eigenvalue weighted by Gasteiger charge is 2.21. The zero-order valence-electron chi connectivity index (χ0n) is 11.6. The molecule has 4 heteroatoms. The lowest BCUT2D eigenvalue weighted by Crippen LogP contribution is -2.39. The van der Waals surface area contributed by atoms with Crippen LogP contribution in [0.25, 0.3) is 0 Å². The summed E-state index contributed by atoms with van der Waals surface area (Å²) in [4.78, 5) is 15.4. The topological polar surface area (TPSA) is 40.5 Å². The second-order valence-corrected chi connectivity index (χ2v) is 6.39. The van der Waals surface area contributed by atoms with Gasteiger partial charge in [0.25, 0.3) is 0 Å². The highest BCUT2D eigenvalue weighted by atomic mass is 32.1. The van der Waals surface area contributed by atoms with Crippen LogP contribution in [0.5, 0.6) is 0 Å². The van der Waals surface area contributed by atoms with Crippen molar-refractivity contribution in [2.24, 2.45) is 5.92 Å². The summed E-state index contributed by atoms with van der Waals surface area (Å²) in [5.41, 5.74) is 1.35. The fourth-order valence-corrected chi connectivity index (χ4v) is 3.54. The van der Waals surface area contributed by atoms with Crippen LogP contribution in [0.1, 0.15) is 36.1 Å². The van der Waals surface area contributed by atoms with Crippen molar-refractivity contribution in [1.29, 1.82) is 0 Å². The first-order valence-electron chi connectivity index (χ1n) is 7.12. The van der Waals surface area contributed by atoms with E-state index in [0.717, 1.165) is 38.8 Å². The number of thiophene rings is 1. The SMILES string of the molecule is Cc1ccsc1CCCC(=O)N1CCC(CO)CC1. The number of nitrogens with zero attached hydrogens (tertiary/aromatic N) is 1. The van der Waals surface area contributed by atoms with E-state index in [4.69, 9.17) is 5.11 Å². The normalized spacial score (nSPS) is 16.8. The molecule has 1 aliphatic rings. The minimum Gasteiger partial charge on any atom is -0.396 e. The second kappa shape index (κ2) is 7.06. The van der Waals surface area contributed by atoms with Crippen molar-refractivity contribution in [1.82, 2.24) is 4.90 Å². The van der Waals surface area contributed by atoms with Gasteiger partial charge in [0.15, 0.2) is 0 Å². The van der Waals surface area contributed by atoms with Gasteiger partial charge in [-0.15, -0.1) is 11.3 Å². The van der Waals surface area contributed by atoms with E-state index in [1.807, 2.05) is 4.90 Å². The zero-order chi connectivity index (χ0) is 13.7. The van der Waals surface area contributed by atoms with Gasteiger partial charge in [-0.1, -0.05) is 0 Å². The number of hydrogen-bond acceptors (Lipinski definition) is 3. The molecule has 0 aliphatic carbocycles. The van der Waals surface area contributed by atoms with Gasteiger partial charge < -0.3 is 10.0 Å². The largest absolute Gasteiger partial charge is 0.396 e. The maximum atomic E-state index is 12.1. The Labute approximate surface area is 119 Å². The van der Waals surface area contributed by atoms with Gasteiger partial charge in [0.1, 0.15) is 0 Å². The molecular formula is C15H23NO2S. The molecule has 0 saturated carbocycles. The smallest absolute Gasteiger partial charge is 0.222 e. The van der Waals surface area contributed by atoms with Crippen molar-refractivity contribution < 1.29 is 9.90 Å². The summed E-state index contributed by atoms with van der Waals surface area (Å²) in [7, 11) is 0. The van der Waals surface area contributed by atoms with Crippen LogP contribution in [0, 0.1) is 12.8 Å².